The molecule has 10 heteroatoms. The first-order valence-electron chi connectivity index (χ1n) is 17.6. The molecule has 2 aliphatic rings. The minimum atomic E-state index is -3.74. The Morgan fingerprint density at radius 2 is 1.04 bits per heavy atom. The van der Waals surface area contributed by atoms with Crippen LogP contribution < -0.4 is 0 Å². The number of carbonyl (C=O) groups excluding carboxylic acids is 2. The van der Waals surface area contributed by atoms with Gasteiger partial charge in [0.15, 0.2) is 11.6 Å². The fourth-order valence-electron chi connectivity index (χ4n) is 6.43. The Morgan fingerprint density at radius 3 is 1.43 bits per heavy atom. The smallest absolute Gasteiger partial charge is 0.243 e. The van der Waals surface area contributed by atoms with Gasteiger partial charge in [0.05, 0.1) is 21.9 Å². The van der Waals surface area contributed by atoms with Gasteiger partial charge in [0.2, 0.25) is 20.0 Å². The van der Waals surface area contributed by atoms with E-state index in [1.54, 1.807) is 54.6 Å². The summed E-state index contributed by atoms with van der Waals surface area (Å²) in [6, 6.07) is 32.2. The Balaban J connectivity index is 0.000000206. The molecule has 0 fully saturated rings. The third-order valence-corrected chi connectivity index (χ3v) is 13.3. The molecule has 0 saturated carbocycles. The summed E-state index contributed by atoms with van der Waals surface area (Å²) >= 11 is 0. The Bertz CT molecular complexity index is 2200. The van der Waals surface area contributed by atoms with E-state index < -0.39 is 20.0 Å². The van der Waals surface area contributed by atoms with Gasteiger partial charge in [-0.25, -0.2) is 16.8 Å². The van der Waals surface area contributed by atoms with E-state index in [2.05, 4.69) is 6.58 Å². The number of Topliss-reactive ketones (excluding diaryl/α,β-unsaturated/α-hetero) is 2. The zero-order valence-corrected chi connectivity index (χ0v) is 32.0. The largest absolute Gasteiger partial charge is 0.295 e. The molecule has 0 amide bonds. The monoisotopic (exact) mass is 750 g/mol. The number of hydrogen-bond acceptors (Lipinski definition) is 6. The molecule has 0 saturated heterocycles. The van der Waals surface area contributed by atoms with Gasteiger partial charge in [0.25, 0.3) is 0 Å². The Morgan fingerprint density at radius 1 is 0.642 bits per heavy atom. The van der Waals surface area contributed by atoms with Crippen molar-refractivity contribution >= 4 is 31.6 Å². The number of sulfonamides is 2. The van der Waals surface area contributed by atoms with Crippen LogP contribution in [0, 0.1) is 13.8 Å². The molecule has 4 aromatic rings. The normalized spacial score (nSPS) is 18.2. The number of aryl methyl sites for hydroxylation is 2. The maximum absolute atomic E-state index is 13.4. The summed E-state index contributed by atoms with van der Waals surface area (Å²) < 4.78 is 56.3. The summed E-state index contributed by atoms with van der Waals surface area (Å²) in [6.07, 6.45) is 7.36. The second-order valence-corrected chi connectivity index (χ2v) is 17.1. The molecule has 2 atom stereocenters. The van der Waals surface area contributed by atoms with Crippen LogP contribution in [0.4, 0.5) is 0 Å². The minimum absolute atomic E-state index is 0.0180. The molecule has 0 N–H and O–H groups in total. The molecule has 8 nitrogen and oxygen atoms in total. The molecule has 53 heavy (non-hydrogen) atoms. The Hall–Kier alpha value is -4.74. The lowest BCUT2D eigenvalue weighted by atomic mass is 9.95. The van der Waals surface area contributed by atoms with Gasteiger partial charge >= 0.3 is 0 Å². The van der Waals surface area contributed by atoms with Crippen LogP contribution in [0.5, 0.6) is 0 Å². The van der Waals surface area contributed by atoms with Crippen molar-refractivity contribution in [1.82, 2.24) is 8.61 Å². The van der Waals surface area contributed by atoms with Gasteiger partial charge in [-0.2, -0.15) is 8.61 Å². The first-order chi connectivity index (χ1) is 25.3. The van der Waals surface area contributed by atoms with E-state index in [1.165, 1.54) is 15.5 Å². The fourth-order valence-corrected chi connectivity index (χ4v) is 9.64. The predicted molar refractivity (Wildman–Crippen MR) is 209 cm³/mol. The number of carbonyl (C=O) groups is 2. The van der Waals surface area contributed by atoms with Gasteiger partial charge in [-0.15, -0.1) is 6.58 Å². The van der Waals surface area contributed by atoms with Crippen molar-refractivity contribution in [3.05, 3.63) is 167 Å². The molecule has 2 heterocycles. The lowest BCUT2D eigenvalue weighted by Gasteiger charge is -2.34. The standard InChI is InChI=1S/C23H25NO3S.C20H21NO3S/c1-3-4-10-23(25)20-13-16-22(19-8-6-5-7-9-19)24(17-20)28(26,27)21-14-11-18(2)12-15-21;1-15-8-11-19(12-9-15)25(23,24)21-14-18(16(2)22)10-13-20(21)17-6-4-3-5-7-17/h3,5-9,11-15,22H,1,4,10,16-17H2,2H3;3-12,20H,13-14H2,1-2H3. The van der Waals surface area contributed by atoms with Crippen LogP contribution in [0.25, 0.3) is 0 Å². The van der Waals surface area contributed by atoms with E-state index >= 15 is 0 Å². The molecule has 0 radical (unpaired) electrons. The van der Waals surface area contributed by atoms with Gasteiger partial charge in [-0.3, -0.25) is 9.59 Å². The highest BCUT2D eigenvalue weighted by atomic mass is 32.2. The van der Waals surface area contributed by atoms with Gasteiger partial charge in [-0.05, 0) is 75.4 Å². The fraction of sp³-hybridized carbons (Fsp3) is 0.256. The average molecular weight is 751 g/mol. The highest BCUT2D eigenvalue weighted by Gasteiger charge is 2.37. The topological polar surface area (TPSA) is 109 Å². The molecule has 0 bridgehead atoms. The third kappa shape index (κ3) is 9.44. The van der Waals surface area contributed by atoms with Crippen LogP contribution in [0.15, 0.2) is 155 Å². The summed E-state index contributed by atoms with van der Waals surface area (Å²) in [7, 11) is -7.45. The number of rotatable bonds is 11. The van der Waals surface area contributed by atoms with Crippen molar-refractivity contribution in [3.8, 4) is 0 Å². The number of nitrogens with zero attached hydrogens (tertiary/aromatic N) is 2. The Labute approximate surface area is 314 Å². The van der Waals surface area contributed by atoms with Crippen LogP contribution in [0.1, 0.15) is 66.9 Å². The minimum Gasteiger partial charge on any atom is -0.295 e. The lowest BCUT2D eigenvalue weighted by molar-refractivity contribution is -0.116. The van der Waals surface area contributed by atoms with E-state index in [9.17, 15) is 26.4 Å². The quantitative estimate of drug-likeness (QED) is 0.143. The van der Waals surface area contributed by atoms with Gasteiger partial charge < -0.3 is 0 Å². The first kappa shape index (κ1) is 39.5. The molecule has 2 aliphatic heterocycles. The molecular formula is C43H46N2O6S2. The summed E-state index contributed by atoms with van der Waals surface area (Å²) in [5.74, 6) is -0.105. The Kier molecular flexibility index (Phi) is 13.0. The summed E-state index contributed by atoms with van der Waals surface area (Å²) in [6.45, 7) is 9.16. The zero-order chi connectivity index (χ0) is 38.2. The molecule has 2 unspecified atom stereocenters. The second kappa shape index (κ2) is 17.4. The van der Waals surface area contributed by atoms with Crippen LogP contribution in [-0.4, -0.2) is 50.1 Å². The molecule has 276 valence electrons. The van der Waals surface area contributed by atoms with Crippen molar-refractivity contribution in [2.75, 3.05) is 13.1 Å². The SMILES string of the molecule is C=CCCC(=O)C1=CCC(c2ccccc2)N(S(=O)(=O)c2ccc(C)cc2)C1.CC(=O)C1=CCC(c2ccccc2)N(S(=O)(=O)c2ccc(C)cc2)C1. The zero-order valence-electron chi connectivity index (χ0n) is 30.4. The summed E-state index contributed by atoms with van der Waals surface area (Å²) in [5, 5.41) is 0. The lowest BCUT2D eigenvalue weighted by Crippen LogP contribution is -2.39. The number of hydrogen-bond donors (Lipinski definition) is 0. The molecule has 4 aromatic carbocycles. The van der Waals surface area contributed by atoms with Gasteiger partial charge in [0.1, 0.15) is 0 Å². The van der Waals surface area contributed by atoms with E-state index in [1.807, 2.05) is 86.7 Å². The number of benzene rings is 4. The summed E-state index contributed by atoms with van der Waals surface area (Å²) in [4.78, 5) is 24.8. The van der Waals surface area contributed by atoms with Gasteiger partial charge in [0, 0.05) is 30.7 Å². The van der Waals surface area contributed by atoms with Crippen molar-refractivity contribution < 1.29 is 26.4 Å². The van der Waals surface area contributed by atoms with E-state index in [4.69, 9.17) is 0 Å². The highest BCUT2D eigenvalue weighted by Crippen LogP contribution is 2.37. The van der Waals surface area contributed by atoms with Crippen LogP contribution >= 0.6 is 0 Å². The van der Waals surface area contributed by atoms with E-state index in [-0.39, 0.29) is 46.5 Å². The van der Waals surface area contributed by atoms with Crippen LogP contribution in [0.3, 0.4) is 0 Å². The molecule has 0 spiro atoms. The molecule has 6 rings (SSSR count). The van der Waals surface area contributed by atoms with Crippen molar-refractivity contribution in [1.29, 1.82) is 0 Å². The molecular weight excluding hydrogens is 705 g/mol. The summed E-state index contributed by atoms with van der Waals surface area (Å²) in [5.41, 5.74) is 4.95. The number of ketones is 2. The maximum atomic E-state index is 13.4. The second-order valence-electron chi connectivity index (χ2n) is 13.3. The van der Waals surface area contributed by atoms with Crippen LogP contribution in [0.2, 0.25) is 0 Å². The van der Waals surface area contributed by atoms with Crippen molar-refractivity contribution in [2.24, 2.45) is 0 Å². The third-order valence-electron chi connectivity index (χ3n) is 9.53. The van der Waals surface area contributed by atoms with Crippen LogP contribution in [-0.2, 0) is 29.6 Å². The van der Waals surface area contributed by atoms with E-state index in [0.717, 1.165) is 22.3 Å². The number of allylic oxidation sites excluding steroid dienone is 1. The van der Waals surface area contributed by atoms with Crippen molar-refractivity contribution in [2.45, 2.75) is 68.3 Å². The predicted octanol–water partition coefficient (Wildman–Crippen LogP) is 8.24. The molecule has 0 aliphatic carbocycles. The maximum Gasteiger partial charge on any atom is 0.243 e. The van der Waals surface area contributed by atoms with Gasteiger partial charge in [-0.1, -0.05) is 114 Å². The molecule has 0 aromatic heterocycles. The average Bonchev–Trinajstić information content (AvgIpc) is 3.17. The van der Waals surface area contributed by atoms with Crippen molar-refractivity contribution in [3.63, 3.8) is 0 Å². The first-order valence-corrected chi connectivity index (χ1v) is 20.5. The highest BCUT2D eigenvalue weighted by molar-refractivity contribution is 7.89. The van der Waals surface area contributed by atoms with E-state index in [0.29, 0.717) is 36.8 Å².